The first-order chi connectivity index (χ1) is 13.8. The van der Waals surface area contributed by atoms with Gasteiger partial charge in [0.25, 0.3) is 11.8 Å². The number of urea groups is 1. The molecule has 0 bridgehead atoms. The normalized spacial score (nSPS) is 15.4. The molecule has 2 aromatic rings. The Morgan fingerprint density at radius 2 is 1.86 bits per heavy atom. The molecule has 1 saturated heterocycles. The molecule has 0 unspecified atom stereocenters. The van der Waals surface area contributed by atoms with E-state index >= 15 is 0 Å². The van der Waals surface area contributed by atoms with Crippen molar-refractivity contribution in [1.82, 2.24) is 5.32 Å². The number of ether oxygens (including phenoxy) is 1. The maximum absolute atomic E-state index is 12.8. The fourth-order valence-electron chi connectivity index (χ4n) is 2.52. The largest absolute Gasteiger partial charge is 0.482 e. The van der Waals surface area contributed by atoms with E-state index in [-0.39, 0.29) is 27.1 Å². The lowest BCUT2D eigenvalue weighted by atomic mass is 10.1. The van der Waals surface area contributed by atoms with Crippen LogP contribution in [0.15, 0.2) is 48.0 Å². The number of carboxylic acids is 1. The molecule has 0 aromatic heterocycles. The Hall–Kier alpha value is -3.36. The quantitative estimate of drug-likeness (QED) is 0.551. The van der Waals surface area contributed by atoms with Crippen LogP contribution in [0.3, 0.4) is 0 Å². The maximum Gasteiger partial charge on any atom is 0.341 e. The lowest BCUT2D eigenvalue weighted by Crippen LogP contribution is -2.54. The number of aliphatic carboxylic acids is 1. The topological polar surface area (TPSA) is 113 Å². The molecule has 1 heterocycles. The van der Waals surface area contributed by atoms with Crippen LogP contribution in [-0.2, 0) is 14.4 Å². The molecule has 29 heavy (non-hydrogen) atoms. The number of carboxylic acid groups (broad SMARTS) is 1. The first-order valence-corrected chi connectivity index (χ1v) is 8.83. The van der Waals surface area contributed by atoms with Gasteiger partial charge in [0, 0.05) is 0 Å². The summed E-state index contributed by atoms with van der Waals surface area (Å²) in [6.45, 7) is -0.543. The fourth-order valence-corrected chi connectivity index (χ4v) is 2.81. The van der Waals surface area contributed by atoms with Crippen molar-refractivity contribution in [3.63, 3.8) is 0 Å². The average Bonchev–Trinajstić information content (AvgIpc) is 2.66. The molecule has 0 aliphatic carbocycles. The van der Waals surface area contributed by atoms with Crippen LogP contribution in [-0.4, -0.2) is 35.5 Å². The molecule has 2 N–H and O–H groups in total. The summed E-state index contributed by atoms with van der Waals surface area (Å²) in [6.07, 6.45) is 1.27. The third-order valence-corrected chi connectivity index (χ3v) is 4.53. The van der Waals surface area contributed by atoms with Crippen LogP contribution in [0.1, 0.15) is 5.56 Å². The van der Waals surface area contributed by atoms with Gasteiger partial charge < -0.3 is 9.84 Å². The van der Waals surface area contributed by atoms with Gasteiger partial charge in [0.1, 0.15) is 11.3 Å². The third-order valence-electron chi connectivity index (χ3n) is 3.79. The second-order valence-electron chi connectivity index (χ2n) is 5.81. The van der Waals surface area contributed by atoms with Crippen molar-refractivity contribution in [2.45, 2.75) is 0 Å². The standard InChI is InChI=1S/C19H12Cl2N2O6/c20-14-5-4-11(8-15(14)21)23-18(27)13(17(26)22-19(23)28)7-10-2-1-3-12(6-10)29-9-16(24)25/h1-8H,9H2,(H,24,25)(H,22,26,28)/b13-7-. The summed E-state index contributed by atoms with van der Waals surface area (Å²) >= 11 is 11.8. The number of carbonyl (C=O) groups is 4. The van der Waals surface area contributed by atoms with Gasteiger partial charge in [0.2, 0.25) is 0 Å². The Kier molecular flexibility index (Phi) is 5.86. The van der Waals surface area contributed by atoms with E-state index < -0.39 is 30.4 Å². The van der Waals surface area contributed by atoms with Crippen molar-refractivity contribution < 1.29 is 29.0 Å². The summed E-state index contributed by atoms with van der Waals surface area (Å²) in [6, 6.07) is 9.37. The molecule has 1 aliphatic heterocycles. The van der Waals surface area contributed by atoms with Crippen molar-refractivity contribution in [2.75, 3.05) is 11.5 Å². The van der Waals surface area contributed by atoms with Gasteiger partial charge in [-0.2, -0.15) is 0 Å². The summed E-state index contributed by atoms with van der Waals surface area (Å²) in [4.78, 5) is 48.6. The molecule has 8 nitrogen and oxygen atoms in total. The van der Waals surface area contributed by atoms with Crippen LogP contribution in [0.4, 0.5) is 10.5 Å². The molecule has 1 aliphatic rings. The lowest BCUT2D eigenvalue weighted by molar-refractivity contribution is -0.139. The molecule has 0 spiro atoms. The van der Waals surface area contributed by atoms with Crippen molar-refractivity contribution in [2.24, 2.45) is 0 Å². The van der Waals surface area contributed by atoms with Crippen molar-refractivity contribution in [1.29, 1.82) is 0 Å². The van der Waals surface area contributed by atoms with E-state index in [9.17, 15) is 19.2 Å². The number of barbiturate groups is 1. The van der Waals surface area contributed by atoms with Crippen LogP contribution in [0.5, 0.6) is 5.75 Å². The van der Waals surface area contributed by atoms with E-state index in [1.807, 2.05) is 0 Å². The molecular weight excluding hydrogens is 423 g/mol. The van der Waals surface area contributed by atoms with Gasteiger partial charge in [0.15, 0.2) is 6.61 Å². The number of nitrogens with one attached hydrogen (secondary N) is 1. The van der Waals surface area contributed by atoms with Gasteiger partial charge in [-0.15, -0.1) is 0 Å². The fraction of sp³-hybridized carbons (Fsp3) is 0.0526. The molecule has 0 atom stereocenters. The minimum absolute atomic E-state index is 0.135. The molecule has 0 radical (unpaired) electrons. The molecule has 10 heteroatoms. The smallest absolute Gasteiger partial charge is 0.341 e. The number of hydrogen-bond acceptors (Lipinski definition) is 5. The number of rotatable bonds is 5. The predicted molar refractivity (Wildman–Crippen MR) is 105 cm³/mol. The summed E-state index contributed by atoms with van der Waals surface area (Å²) in [5.41, 5.74) is 0.236. The minimum Gasteiger partial charge on any atom is -0.482 e. The number of benzene rings is 2. The molecule has 4 amide bonds. The van der Waals surface area contributed by atoms with Crippen LogP contribution >= 0.6 is 23.2 Å². The highest BCUT2D eigenvalue weighted by Crippen LogP contribution is 2.29. The van der Waals surface area contributed by atoms with E-state index in [0.717, 1.165) is 4.90 Å². The number of hydrogen-bond donors (Lipinski definition) is 2. The molecular formula is C19H12Cl2N2O6. The number of carbonyl (C=O) groups excluding carboxylic acids is 3. The zero-order chi connectivity index (χ0) is 21.1. The number of anilines is 1. The Labute approximate surface area is 174 Å². The minimum atomic E-state index is -1.15. The van der Waals surface area contributed by atoms with Gasteiger partial charge in [-0.25, -0.2) is 14.5 Å². The van der Waals surface area contributed by atoms with Gasteiger partial charge >= 0.3 is 12.0 Å². The highest BCUT2D eigenvalue weighted by Gasteiger charge is 2.37. The van der Waals surface area contributed by atoms with E-state index in [4.69, 9.17) is 33.0 Å². The van der Waals surface area contributed by atoms with Crippen molar-refractivity contribution in [3.05, 3.63) is 63.6 Å². The molecule has 148 valence electrons. The van der Waals surface area contributed by atoms with Crippen LogP contribution in [0.25, 0.3) is 6.08 Å². The van der Waals surface area contributed by atoms with Gasteiger partial charge in [-0.3, -0.25) is 14.9 Å². The highest BCUT2D eigenvalue weighted by atomic mass is 35.5. The van der Waals surface area contributed by atoms with Crippen LogP contribution < -0.4 is 15.0 Å². The first kappa shape index (κ1) is 20.4. The summed E-state index contributed by atoms with van der Waals surface area (Å²) in [5, 5.41) is 11.2. The van der Waals surface area contributed by atoms with Gasteiger partial charge in [-0.1, -0.05) is 35.3 Å². The Morgan fingerprint density at radius 1 is 1.10 bits per heavy atom. The second kappa shape index (κ2) is 8.34. The van der Waals surface area contributed by atoms with Crippen LogP contribution in [0, 0.1) is 0 Å². The molecule has 3 rings (SSSR count). The molecule has 2 aromatic carbocycles. The molecule has 0 saturated carbocycles. The zero-order valence-electron chi connectivity index (χ0n) is 14.5. The summed E-state index contributed by atoms with van der Waals surface area (Å²) in [5.74, 6) is -2.63. The number of halogens is 2. The van der Waals surface area contributed by atoms with Gasteiger partial charge in [0.05, 0.1) is 15.7 Å². The number of imide groups is 2. The van der Waals surface area contributed by atoms with E-state index in [1.54, 1.807) is 12.1 Å². The van der Waals surface area contributed by atoms with E-state index in [2.05, 4.69) is 5.32 Å². The Balaban J connectivity index is 1.94. The van der Waals surface area contributed by atoms with E-state index in [1.165, 1.54) is 36.4 Å². The Morgan fingerprint density at radius 3 is 2.55 bits per heavy atom. The third kappa shape index (κ3) is 4.56. The van der Waals surface area contributed by atoms with Crippen molar-refractivity contribution >= 4 is 58.8 Å². The van der Waals surface area contributed by atoms with E-state index in [0.29, 0.717) is 5.56 Å². The van der Waals surface area contributed by atoms with Gasteiger partial charge in [-0.05, 0) is 42.0 Å². The SMILES string of the molecule is O=C(O)COc1cccc(/C=C2/C(=O)NC(=O)N(c3ccc(Cl)c(Cl)c3)C2=O)c1. The molecule has 1 fully saturated rings. The number of amides is 4. The predicted octanol–water partition coefficient (Wildman–Crippen LogP) is 3.12. The van der Waals surface area contributed by atoms with Crippen LogP contribution in [0.2, 0.25) is 10.0 Å². The lowest BCUT2D eigenvalue weighted by Gasteiger charge is -2.26. The number of nitrogens with zero attached hydrogens (tertiary/aromatic N) is 1. The monoisotopic (exact) mass is 434 g/mol. The Bertz CT molecular complexity index is 1070. The van der Waals surface area contributed by atoms with Crippen molar-refractivity contribution in [3.8, 4) is 5.75 Å². The average molecular weight is 435 g/mol. The maximum atomic E-state index is 12.8. The highest BCUT2D eigenvalue weighted by molar-refractivity contribution is 6.43. The summed E-state index contributed by atoms with van der Waals surface area (Å²) in [7, 11) is 0. The summed E-state index contributed by atoms with van der Waals surface area (Å²) < 4.78 is 5.08. The first-order valence-electron chi connectivity index (χ1n) is 8.07. The second-order valence-corrected chi connectivity index (χ2v) is 6.63. The zero-order valence-corrected chi connectivity index (χ0v) is 16.0.